The highest BCUT2D eigenvalue weighted by Crippen LogP contribution is 2.36. The molecule has 0 bridgehead atoms. The SMILES string of the molecule is Cn1nc(-c2ccccc2)c(CN(C[C@@H]2CCCO2)C(=O)c2ccc(F)cc2)c1Oc1ccccc1Cl. The topological polar surface area (TPSA) is 56.6 Å². The summed E-state index contributed by atoms with van der Waals surface area (Å²) in [5, 5.41) is 5.23. The molecule has 4 aromatic rings. The van der Waals surface area contributed by atoms with Crippen LogP contribution >= 0.6 is 11.6 Å². The fourth-order valence-electron chi connectivity index (χ4n) is 4.50. The van der Waals surface area contributed by atoms with E-state index in [9.17, 15) is 9.18 Å². The number of ether oxygens (including phenoxy) is 2. The third kappa shape index (κ3) is 5.68. The number of nitrogens with zero attached hydrogens (tertiary/aromatic N) is 3. The van der Waals surface area contributed by atoms with Crippen LogP contribution in [-0.4, -0.2) is 39.8 Å². The summed E-state index contributed by atoms with van der Waals surface area (Å²) in [5.41, 5.74) is 2.74. The Kier molecular flexibility index (Phi) is 7.53. The molecular weight excluding hydrogens is 493 g/mol. The largest absolute Gasteiger partial charge is 0.437 e. The Bertz CT molecular complexity index is 1370. The second-order valence-electron chi connectivity index (χ2n) is 8.98. The van der Waals surface area contributed by atoms with Gasteiger partial charge in [-0.1, -0.05) is 54.1 Å². The first kappa shape index (κ1) is 25.0. The Morgan fingerprint density at radius 2 is 1.84 bits per heavy atom. The van der Waals surface area contributed by atoms with Crippen molar-refractivity contribution in [2.45, 2.75) is 25.5 Å². The van der Waals surface area contributed by atoms with Crippen LogP contribution in [0.25, 0.3) is 11.3 Å². The molecule has 8 heteroatoms. The fourth-order valence-corrected chi connectivity index (χ4v) is 4.68. The molecule has 0 N–H and O–H groups in total. The molecule has 0 spiro atoms. The van der Waals surface area contributed by atoms with Gasteiger partial charge in [-0.25, -0.2) is 9.07 Å². The van der Waals surface area contributed by atoms with Crippen molar-refractivity contribution in [1.29, 1.82) is 0 Å². The summed E-state index contributed by atoms with van der Waals surface area (Å²) in [4.78, 5) is 15.4. The number of para-hydroxylation sites is 1. The Morgan fingerprint density at radius 3 is 2.54 bits per heavy atom. The molecular formula is C29H27ClFN3O3. The van der Waals surface area contributed by atoms with E-state index < -0.39 is 5.82 Å². The summed E-state index contributed by atoms with van der Waals surface area (Å²) in [6.45, 7) is 1.28. The molecule has 37 heavy (non-hydrogen) atoms. The maximum absolute atomic E-state index is 13.7. The summed E-state index contributed by atoms with van der Waals surface area (Å²) < 4.78 is 27.4. The van der Waals surface area contributed by atoms with E-state index in [1.807, 2.05) is 42.5 Å². The lowest BCUT2D eigenvalue weighted by Crippen LogP contribution is -2.37. The minimum Gasteiger partial charge on any atom is -0.437 e. The van der Waals surface area contributed by atoms with Gasteiger partial charge in [-0.15, -0.1) is 0 Å². The number of aromatic nitrogens is 2. The molecule has 6 nitrogen and oxygen atoms in total. The van der Waals surface area contributed by atoms with E-state index in [1.54, 1.807) is 28.8 Å². The Hall–Kier alpha value is -3.68. The number of benzene rings is 3. The van der Waals surface area contributed by atoms with Crippen molar-refractivity contribution < 1.29 is 18.7 Å². The summed E-state index contributed by atoms with van der Waals surface area (Å²) in [6.07, 6.45) is 1.75. The summed E-state index contributed by atoms with van der Waals surface area (Å²) >= 11 is 6.40. The lowest BCUT2D eigenvalue weighted by Gasteiger charge is -2.26. The Labute approximate surface area is 220 Å². The predicted octanol–water partition coefficient (Wildman–Crippen LogP) is 6.49. The lowest BCUT2D eigenvalue weighted by atomic mass is 10.1. The van der Waals surface area contributed by atoms with Crippen LogP contribution in [0.1, 0.15) is 28.8 Å². The van der Waals surface area contributed by atoms with E-state index >= 15 is 0 Å². The van der Waals surface area contributed by atoms with Gasteiger partial charge in [0, 0.05) is 31.3 Å². The van der Waals surface area contributed by atoms with Crippen molar-refractivity contribution in [2.24, 2.45) is 7.05 Å². The molecule has 0 aliphatic carbocycles. The molecule has 2 heterocycles. The van der Waals surface area contributed by atoms with Crippen molar-refractivity contribution in [2.75, 3.05) is 13.2 Å². The maximum Gasteiger partial charge on any atom is 0.254 e. The van der Waals surface area contributed by atoms with E-state index in [-0.39, 0.29) is 18.6 Å². The van der Waals surface area contributed by atoms with Gasteiger partial charge in [-0.2, -0.15) is 5.10 Å². The average molecular weight is 520 g/mol. The molecule has 1 amide bonds. The van der Waals surface area contributed by atoms with Gasteiger partial charge in [0.25, 0.3) is 5.91 Å². The number of carbonyl (C=O) groups excluding carboxylic acids is 1. The van der Waals surface area contributed by atoms with Gasteiger partial charge in [0.05, 0.1) is 23.2 Å². The van der Waals surface area contributed by atoms with Crippen LogP contribution < -0.4 is 4.74 Å². The molecule has 190 valence electrons. The number of amides is 1. The van der Waals surface area contributed by atoms with Gasteiger partial charge >= 0.3 is 0 Å². The highest BCUT2D eigenvalue weighted by molar-refractivity contribution is 6.32. The third-order valence-electron chi connectivity index (χ3n) is 6.35. The zero-order valence-electron chi connectivity index (χ0n) is 20.4. The quantitative estimate of drug-likeness (QED) is 0.267. The number of hydrogen-bond donors (Lipinski definition) is 0. The number of rotatable bonds is 8. The van der Waals surface area contributed by atoms with Gasteiger partial charge in [0.15, 0.2) is 0 Å². The Balaban J connectivity index is 1.57. The van der Waals surface area contributed by atoms with E-state index in [0.29, 0.717) is 41.1 Å². The molecule has 3 aromatic carbocycles. The highest BCUT2D eigenvalue weighted by Gasteiger charge is 2.28. The van der Waals surface area contributed by atoms with E-state index in [0.717, 1.165) is 24.0 Å². The molecule has 5 rings (SSSR count). The van der Waals surface area contributed by atoms with Gasteiger partial charge in [0.2, 0.25) is 5.88 Å². The molecule has 1 fully saturated rings. The van der Waals surface area contributed by atoms with Crippen LogP contribution in [0.15, 0.2) is 78.9 Å². The second kappa shape index (κ2) is 11.2. The number of halogens is 2. The van der Waals surface area contributed by atoms with Crippen molar-refractivity contribution in [1.82, 2.24) is 14.7 Å². The summed E-state index contributed by atoms with van der Waals surface area (Å²) in [5.74, 6) is 0.359. The molecule has 0 saturated carbocycles. The zero-order valence-corrected chi connectivity index (χ0v) is 21.2. The normalized spacial score (nSPS) is 15.1. The van der Waals surface area contributed by atoms with Crippen molar-refractivity contribution >= 4 is 17.5 Å². The molecule has 1 atom stereocenters. The first-order chi connectivity index (χ1) is 18.0. The highest BCUT2D eigenvalue weighted by atomic mass is 35.5. The smallest absolute Gasteiger partial charge is 0.254 e. The standard InChI is InChI=1S/C29H27ClFN3O3/c1-33-29(37-26-12-6-5-11-25(26)30)24(27(32-33)20-8-3-2-4-9-20)19-34(18-23-10-7-17-36-23)28(35)21-13-15-22(31)16-14-21/h2-6,8-9,11-16,23H,7,10,17-19H2,1H3/t23-/m0/s1. The Morgan fingerprint density at radius 1 is 1.11 bits per heavy atom. The molecule has 1 saturated heterocycles. The van der Waals surface area contributed by atoms with Gasteiger partial charge in [-0.3, -0.25) is 4.79 Å². The van der Waals surface area contributed by atoms with Crippen LogP contribution in [0, 0.1) is 5.82 Å². The van der Waals surface area contributed by atoms with Crippen LogP contribution in [0.3, 0.4) is 0 Å². The zero-order chi connectivity index (χ0) is 25.8. The first-order valence-electron chi connectivity index (χ1n) is 12.2. The number of carbonyl (C=O) groups is 1. The van der Waals surface area contributed by atoms with Crippen LogP contribution in [0.4, 0.5) is 4.39 Å². The van der Waals surface area contributed by atoms with Crippen molar-refractivity contribution in [3.8, 4) is 22.9 Å². The van der Waals surface area contributed by atoms with Gasteiger partial charge in [-0.05, 0) is 49.2 Å². The van der Waals surface area contributed by atoms with Crippen molar-refractivity contribution in [3.63, 3.8) is 0 Å². The molecule has 0 unspecified atom stereocenters. The average Bonchev–Trinajstić information content (AvgIpc) is 3.54. The number of hydrogen-bond acceptors (Lipinski definition) is 4. The predicted molar refractivity (Wildman–Crippen MR) is 140 cm³/mol. The summed E-state index contributed by atoms with van der Waals surface area (Å²) in [6, 6.07) is 22.6. The molecule has 1 aromatic heterocycles. The number of aryl methyl sites for hydroxylation is 1. The molecule has 1 aliphatic rings. The van der Waals surface area contributed by atoms with E-state index in [2.05, 4.69) is 0 Å². The third-order valence-corrected chi connectivity index (χ3v) is 6.67. The van der Waals surface area contributed by atoms with Gasteiger partial charge in [0.1, 0.15) is 17.3 Å². The lowest BCUT2D eigenvalue weighted by molar-refractivity contribution is 0.0506. The minimum atomic E-state index is -0.392. The molecule has 0 radical (unpaired) electrons. The van der Waals surface area contributed by atoms with E-state index in [1.165, 1.54) is 24.3 Å². The van der Waals surface area contributed by atoms with Gasteiger partial charge < -0.3 is 14.4 Å². The van der Waals surface area contributed by atoms with Crippen LogP contribution in [0.5, 0.6) is 11.6 Å². The minimum absolute atomic E-state index is 0.0748. The maximum atomic E-state index is 13.7. The fraction of sp³-hybridized carbons (Fsp3) is 0.241. The van der Waals surface area contributed by atoms with Crippen molar-refractivity contribution in [3.05, 3.63) is 101 Å². The van der Waals surface area contributed by atoms with E-state index in [4.69, 9.17) is 26.2 Å². The molecule has 1 aliphatic heterocycles. The monoisotopic (exact) mass is 519 g/mol. The first-order valence-corrected chi connectivity index (χ1v) is 12.6. The second-order valence-corrected chi connectivity index (χ2v) is 9.39. The summed E-state index contributed by atoms with van der Waals surface area (Å²) in [7, 11) is 1.80. The van der Waals surface area contributed by atoms with Crippen LogP contribution in [-0.2, 0) is 18.3 Å². The van der Waals surface area contributed by atoms with Crippen LogP contribution in [0.2, 0.25) is 5.02 Å².